The average Bonchev–Trinajstić information content (AvgIpc) is 3.75. The van der Waals surface area contributed by atoms with Crippen LogP contribution in [0.3, 0.4) is 0 Å². The Morgan fingerprint density at radius 3 is 0.938 bits per heavy atom. The van der Waals surface area contributed by atoms with Gasteiger partial charge in [0.2, 0.25) is 0 Å². The summed E-state index contributed by atoms with van der Waals surface area (Å²) < 4.78 is 4.72. The SMILES string of the molecule is c1ccc(-c2cc3ccccc3n2-c2ccc(-c3ccc(-c4ccc(-n5c(-c6ccccc6)cc6ccccc65)cc4)cc3)cc2)cc1. The van der Waals surface area contributed by atoms with Crippen LogP contribution < -0.4 is 0 Å². The summed E-state index contributed by atoms with van der Waals surface area (Å²) in [6, 6.07) is 69.8. The lowest BCUT2D eigenvalue weighted by Gasteiger charge is -2.13. The van der Waals surface area contributed by atoms with Crippen molar-refractivity contribution >= 4 is 21.8 Å². The van der Waals surface area contributed by atoms with E-state index in [9.17, 15) is 0 Å². The Morgan fingerprint density at radius 1 is 0.250 bits per heavy atom. The smallest absolute Gasteiger partial charge is 0.0540 e. The maximum absolute atomic E-state index is 2.36. The van der Waals surface area contributed by atoms with Crippen molar-refractivity contribution in [1.82, 2.24) is 9.13 Å². The highest BCUT2D eigenvalue weighted by atomic mass is 15.0. The molecular weight excluding hydrogens is 581 g/mol. The Hall–Kier alpha value is -6.38. The fraction of sp³-hybridized carbons (Fsp3) is 0. The van der Waals surface area contributed by atoms with Gasteiger partial charge < -0.3 is 9.13 Å². The number of hydrogen-bond donors (Lipinski definition) is 0. The quantitative estimate of drug-likeness (QED) is 0.177. The van der Waals surface area contributed by atoms with Gasteiger partial charge in [0.15, 0.2) is 0 Å². The lowest BCUT2D eigenvalue weighted by Crippen LogP contribution is -1.96. The highest BCUT2D eigenvalue weighted by molar-refractivity contribution is 5.90. The molecule has 0 spiro atoms. The molecule has 0 bridgehead atoms. The van der Waals surface area contributed by atoms with Gasteiger partial charge in [0.25, 0.3) is 0 Å². The molecule has 226 valence electrons. The monoisotopic (exact) mass is 612 g/mol. The number of nitrogens with zero attached hydrogens (tertiary/aromatic N) is 2. The summed E-state index contributed by atoms with van der Waals surface area (Å²) in [6.07, 6.45) is 0. The van der Waals surface area contributed by atoms with Crippen molar-refractivity contribution < 1.29 is 0 Å². The standard InChI is InChI=1S/C46H32N2/c1-3-11-37(12-4-1)45-31-39-15-7-9-17-43(39)47(45)41-27-23-35(24-28-41)33-19-21-34(22-20-33)36-25-29-42(30-26-36)48-44-18-10-8-16-40(44)32-46(48)38-13-5-2-6-14-38/h1-32H. The summed E-state index contributed by atoms with van der Waals surface area (Å²) in [5.41, 5.74) is 14.3. The fourth-order valence-electron chi connectivity index (χ4n) is 6.97. The van der Waals surface area contributed by atoms with Crippen LogP contribution in [0.25, 0.3) is 77.9 Å². The van der Waals surface area contributed by atoms with Gasteiger partial charge >= 0.3 is 0 Å². The van der Waals surface area contributed by atoms with Crippen LogP contribution in [-0.4, -0.2) is 9.13 Å². The van der Waals surface area contributed by atoms with Gasteiger partial charge in [-0.3, -0.25) is 0 Å². The van der Waals surface area contributed by atoms with Gasteiger partial charge in [-0.05, 0) is 81.9 Å². The van der Waals surface area contributed by atoms with E-state index in [1.54, 1.807) is 0 Å². The van der Waals surface area contributed by atoms with Crippen LogP contribution in [0.15, 0.2) is 194 Å². The van der Waals surface area contributed by atoms with Crippen molar-refractivity contribution in [1.29, 1.82) is 0 Å². The summed E-state index contributed by atoms with van der Waals surface area (Å²) in [4.78, 5) is 0. The van der Waals surface area contributed by atoms with Gasteiger partial charge in [-0.1, -0.05) is 146 Å². The van der Waals surface area contributed by atoms with Crippen molar-refractivity contribution in [3.8, 4) is 56.1 Å². The number of hydrogen-bond acceptors (Lipinski definition) is 0. The summed E-state index contributed by atoms with van der Waals surface area (Å²) in [6.45, 7) is 0. The largest absolute Gasteiger partial charge is 0.309 e. The molecule has 0 saturated carbocycles. The number of benzene rings is 7. The van der Waals surface area contributed by atoms with Gasteiger partial charge in [-0.25, -0.2) is 0 Å². The van der Waals surface area contributed by atoms with Crippen molar-refractivity contribution in [2.24, 2.45) is 0 Å². The topological polar surface area (TPSA) is 9.86 Å². The van der Waals surface area contributed by atoms with Crippen LogP contribution in [-0.2, 0) is 0 Å². The molecule has 0 N–H and O–H groups in total. The maximum atomic E-state index is 2.36. The average molecular weight is 613 g/mol. The molecule has 2 heteroatoms. The number of rotatable bonds is 6. The Kier molecular flexibility index (Phi) is 6.84. The second-order valence-electron chi connectivity index (χ2n) is 12.3. The summed E-state index contributed by atoms with van der Waals surface area (Å²) in [5.74, 6) is 0. The molecule has 9 aromatic rings. The third-order valence-electron chi connectivity index (χ3n) is 9.36. The normalized spacial score (nSPS) is 11.3. The molecule has 0 atom stereocenters. The van der Waals surface area contributed by atoms with E-state index >= 15 is 0 Å². The first-order valence-electron chi connectivity index (χ1n) is 16.4. The number of aromatic nitrogens is 2. The van der Waals surface area contributed by atoms with E-state index in [2.05, 4.69) is 203 Å². The van der Waals surface area contributed by atoms with Crippen molar-refractivity contribution in [3.63, 3.8) is 0 Å². The minimum Gasteiger partial charge on any atom is -0.309 e. The Labute approximate surface area is 280 Å². The molecule has 0 aliphatic carbocycles. The predicted octanol–water partition coefficient (Wildman–Crippen LogP) is 12.2. The minimum absolute atomic E-state index is 1.15. The van der Waals surface area contributed by atoms with Crippen LogP contribution in [0.5, 0.6) is 0 Å². The summed E-state index contributed by atoms with van der Waals surface area (Å²) >= 11 is 0. The van der Waals surface area contributed by atoms with Crippen molar-refractivity contribution in [2.45, 2.75) is 0 Å². The molecule has 2 nitrogen and oxygen atoms in total. The molecule has 0 aliphatic heterocycles. The third kappa shape index (κ3) is 4.92. The molecule has 7 aromatic carbocycles. The molecule has 9 rings (SSSR count). The second-order valence-corrected chi connectivity index (χ2v) is 12.3. The van der Waals surface area contributed by atoms with Gasteiger partial charge in [0.1, 0.15) is 0 Å². The molecule has 0 radical (unpaired) electrons. The van der Waals surface area contributed by atoms with Gasteiger partial charge in [-0.15, -0.1) is 0 Å². The van der Waals surface area contributed by atoms with E-state index in [1.165, 1.54) is 66.6 Å². The predicted molar refractivity (Wildman–Crippen MR) is 202 cm³/mol. The molecule has 0 unspecified atom stereocenters. The molecular formula is C46H32N2. The van der Waals surface area contributed by atoms with Gasteiger partial charge in [0.05, 0.1) is 22.4 Å². The van der Waals surface area contributed by atoms with Crippen LogP contribution >= 0.6 is 0 Å². The van der Waals surface area contributed by atoms with Gasteiger partial charge in [-0.2, -0.15) is 0 Å². The highest BCUT2D eigenvalue weighted by Gasteiger charge is 2.14. The van der Waals surface area contributed by atoms with E-state index in [0.29, 0.717) is 0 Å². The summed E-state index contributed by atoms with van der Waals surface area (Å²) in [5, 5.41) is 2.48. The van der Waals surface area contributed by atoms with Crippen LogP contribution in [0.2, 0.25) is 0 Å². The van der Waals surface area contributed by atoms with E-state index in [-0.39, 0.29) is 0 Å². The first-order valence-corrected chi connectivity index (χ1v) is 16.4. The second kappa shape index (κ2) is 11.8. The summed E-state index contributed by atoms with van der Waals surface area (Å²) in [7, 11) is 0. The van der Waals surface area contributed by atoms with E-state index in [0.717, 1.165) is 11.4 Å². The van der Waals surface area contributed by atoms with Crippen LogP contribution in [0.4, 0.5) is 0 Å². The zero-order valence-corrected chi connectivity index (χ0v) is 26.4. The van der Waals surface area contributed by atoms with Crippen molar-refractivity contribution in [3.05, 3.63) is 194 Å². The molecule has 0 fully saturated rings. The molecule has 2 aromatic heterocycles. The number of fused-ring (bicyclic) bond motifs is 2. The highest BCUT2D eigenvalue weighted by Crippen LogP contribution is 2.35. The van der Waals surface area contributed by atoms with Crippen LogP contribution in [0.1, 0.15) is 0 Å². The Morgan fingerprint density at radius 2 is 0.562 bits per heavy atom. The third-order valence-corrected chi connectivity index (χ3v) is 9.36. The Balaban J connectivity index is 1.01. The molecule has 0 amide bonds. The zero-order chi connectivity index (χ0) is 31.9. The van der Waals surface area contributed by atoms with E-state index in [4.69, 9.17) is 0 Å². The van der Waals surface area contributed by atoms with E-state index < -0.39 is 0 Å². The van der Waals surface area contributed by atoms with Crippen LogP contribution in [0, 0.1) is 0 Å². The number of para-hydroxylation sites is 2. The molecule has 0 saturated heterocycles. The minimum atomic E-state index is 1.15. The van der Waals surface area contributed by atoms with Crippen molar-refractivity contribution in [2.75, 3.05) is 0 Å². The fourth-order valence-corrected chi connectivity index (χ4v) is 6.97. The zero-order valence-electron chi connectivity index (χ0n) is 26.4. The maximum Gasteiger partial charge on any atom is 0.0540 e. The lowest BCUT2D eigenvalue weighted by molar-refractivity contribution is 1.13. The van der Waals surface area contributed by atoms with E-state index in [1.807, 2.05) is 0 Å². The lowest BCUT2D eigenvalue weighted by atomic mass is 10.00. The molecule has 2 heterocycles. The first kappa shape index (κ1) is 27.9. The molecule has 48 heavy (non-hydrogen) atoms. The first-order chi connectivity index (χ1) is 23.8. The Bertz CT molecular complexity index is 2320. The molecule has 0 aliphatic rings. The van der Waals surface area contributed by atoms with Gasteiger partial charge in [0, 0.05) is 22.1 Å².